The number of methoxy groups -OCH3 is 1. The molecule has 2 aliphatic heterocycles. The molecule has 0 amide bonds. The molecular formula is C28H42N6O2. The highest BCUT2D eigenvalue weighted by molar-refractivity contribution is 5.94. The summed E-state index contributed by atoms with van der Waals surface area (Å²) in [6.07, 6.45) is 0. The van der Waals surface area contributed by atoms with Gasteiger partial charge in [0.15, 0.2) is 5.96 Å². The predicted octanol–water partition coefficient (Wildman–Crippen LogP) is 2.80. The lowest BCUT2D eigenvalue weighted by atomic mass is 9.98. The van der Waals surface area contributed by atoms with Gasteiger partial charge in [-0.3, -0.25) is 14.8 Å². The molecule has 1 fully saturated rings. The zero-order chi connectivity index (χ0) is 25.2. The Hall–Kier alpha value is -2.81. The van der Waals surface area contributed by atoms with Crippen LogP contribution in [-0.4, -0.2) is 107 Å². The number of guanidine groups is 1. The smallest absolute Gasteiger partial charge is 0.195 e. The molecule has 2 N–H and O–H groups in total. The van der Waals surface area contributed by atoms with Crippen LogP contribution >= 0.6 is 0 Å². The van der Waals surface area contributed by atoms with Gasteiger partial charge in [0.05, 0.1) is 13.7 Å². The highest BCUT2D eigenvalue weighted by Gasteiger charge is 2.18. The minimum absolute atomic E-state index is 0.364. The lowest BCUT2D eigenvalue weighted by Gasteiger charge is -2.35. The molecule has 2 aromatic rings. The molecule has 36 heavy (non-hydrogen) atoms. The molecule has 2 heterocycles. The van der Waals surface area contributed by atoms with Gasteiger partial charge in [0.2, 0.25) is 0 Å². The third-order valence-electron chi connectivity index (χ3n) is 7.17. The Kier molecular flexibility index (Phi) is 9.84. The van der Waals surface area contributed by atoms with Gasteiger partial charge >= 0.3 is 0 Å². The fourth-order valence-electron chi connectivity index (χ4n) is 4.50. The highest BCUT2D eigenvalue weighted by atomic mass is 16.5. The van der Waals surface area contributed by atoms with Gasteiger partial charge in [-0.25, -0.2) is 0 Å². The molecule has 0 radical (unpaired) electrons. The zero-order valence-corrected chi connectivity index (χ0v) is 22.1. The Bertz CT molecular complexity index is 942. The van der Waals surface area contributed by atoms with E-state index in [1.165, 1.54) is 12.1 Å². The second-order valence-electron chi connectivity index (χ2n) is 9.62. The fourth-order valence-corrected chi connectivity index (χ4v) is 4.50. The van der Waals surface area contributed by atoms with Crippen molar-refractivity contribution < 1.29 is 9.47 Å². The topological polar surface area (TPSA) is 64.6 Å². The van der Waals surface area contributed by atoms with E-state index in [9.17, 15) is 0 Å². The Morgan fingerprint density at radius 3 is 2.25 bits per heavy atom. The van der Waals surface area contributed by atoms with Gasteiger partial charge in [-0.1, -0.05) is 19.1 Å². The van der Waals surface area contributed by atoms with Gasteiger partial charge in [-0.15, -0.1) is 0 Å². The Morgan fingerprint density at radius 1 is 0.972 bits per heavy atom. The Morgan fingerprint density at radius 2 is 1.64 bits per heavy atom. The number of hydrogen-bond donors (Lipinski definition) is 2. The number of anilines is 1. The van der Waals surface area contributed by atoms with Crippen molar-refractivity contribution in [2.75, 3.05) is 91.5 Å². The van der Waals surface area contributed by atoms with Crippen LogP contribution in [0.1, 0.15) is 18.4 Å². The number of rotatable bonds is 11. The lowest BCUT2D eigenvalue weighted by molar-refractivity contribution is 0.110. The summed E-state index contributed by atoms with van der Waals surface area (Å²) in [6.45, 7) is 13.5. The molecule has 2 aromatic carbocycles. The van der Waals surface area contributed by atoms with E-state index in [-0.39, 0.29) is 0 Å². The largest absolute Gasteiger partial charge is 0.497 e. The third-order valence-corrected chi connectivity index (χ3v) is 7.17. The molecule has 0 aromatic heterocycles. The van der Waals surface area contributed by atoms with Crippen molar-refractivity contribution in [2.45, 2.75) is 12.8 Å². The first-order valence-electron chi connectivity index (χ1n) is 13.2. The normalized spacial score (nSPS) is 19.0. The van der Waals surface area contributed by atoms with Crippen LogP contribution in [0, 0.1) is 0 Å². The van der Waals surface area contributed by atoms with E-state index in [1.54, 1.807) is 7.11 Å². The summed E-state index contributed by atoms with van der Waals surface area (Å²) in [7, 11) is 3.88. The van der Waals surface area contributed by atoms with E-state index in [2.05, 4.69) is 51.4 Å². The van der Waals surface area contributed by atoms with Gasteiger partial charge < -0.3 is 25.0 Å². The third kappa shape index (κ3) is 7.85. The van der Waals surface area contributed by atoms with Crippen molar-refractivity contribution >= 4 is 11.6 Å². The monoisotopic (exact) mass is 494 g/mol. The van der Waals surface area contributed by atoms with Gasteiger partial charge in [0, 0.05) is 64.0 Å². The maximum Gasteiger partial charge on any atom is 0.195 e. The van der Waals surface area contributed by atoms with Gasteiger partial charge in [-0.2, -0.15) is 0 Å². The zero-order valence-electron chi connectivity index (χ0n) is 22.1. The first-order chi connectivity index (χ1) is 17.6. The quantitative estimate of drug-likeness (QED) is 0.498. The van der Waals surface area contributed by atoms with Gasteiger partial charge in [0.1, 0.15) is 18.1 Å². The van der Waals surface area contributed by atoms with E-state index in [1.807, 2.05) is 36.4 Å². The average Bonchev–Trinajstić information content (AvgIpc) is 2.94. The molecule has 8 heteroatoms. The van der Waals surface area contributed by atoms with E-state index < -0.39 is 0 Å². The lowest BCUT2D eigenvalue weighted by Crippen LogP contribution is -2.49. The van der Waals surface area contributed by atoms with Crippen LogP contribution in [-0.2, 0) is 0 Å². The second kappa shape index (κ2) is 13.5. The summed E-state index contributed by atoms with van der Waals surface area (Å²) in [5.41, 5.74) is 2.27. The summed E-state index contributed by atoms with van der Waals surface area (Å²) in [5, 5.41) is 6.79. The summed E-state index contributed by atoms with van der Waals surface area (Å²) < 4.78 is 11.3. The van der Waals surface area contributed by atoms with Gasteiger partial charge in [-0.05, 0) is 55.6 Å². The predicted molar refractivity (Wildman–Crippen MR) is 148 cm³/mol. The van der Waals surface area contributed by atoms with Crippen LogP contribution in [0.25, 0.3) is 0 Å². The van der Waals surface area contributed by atoms with Crippen LogP contribution < -0.4 is 20.1 Å². The van der Waals surface area contributed by atoms with Crippen molar-refractivity contribution in [3.63, 3.8) is 0 Å². The average molecular weight is 495 g/mol. The number of nitrogens with one attached hydrogen (secondary N) is 2. The number of nitrogens with zero attached hydrogens (tertiary/aromatic N) is 4. The SMILES string of the molecule is CCN(C)CCN1CCN(CCOc2ccc(NC3=NCC(c4ccc(OC)cc4)CN3)cc2)CC1. The minimum Gasteiger partial charge on any atom is -0.497 e. The van der Waals surface area contributed by atoms with Crippen molar-refractivity contribution in [1.29, 1.82) is 0 Å². The molecule has 0 saturated carbocycles. The van der Waals surface area contributed by atoms with Crippen LogP contribution in [0.3, 0.4) is 0 Å². The Balaban J connectivity index is 1.14. The maximum atomic E-state index is 6.01. The first-order valence-corrected chi connectivity index (χ1v) is 13.2. The van der Waals surface area contributed by atoms with Crippen LogP contribution in [0.4, 0.5) is 5.69 Å². The van der Waals surface area contributed by atoms with Gasteiger partial charge in [0.25, 0.3) is 0 Å². The number of piperazine rings is 1. The first kappa shape index (κ1) is 26.3. The number of benzene rings is 2. The van der Waals surface area contributed by atoms with Crippen LogP contribution in [0.2, 0.25) is 0 Å². The molecule has 0 spiro atoms. The van der Waals surface area contributed by atoms with E-state index in [4.69, 9.17) is 14.5 Å². The number of aliphatic imine (C=N–C) groups is 1. The maximum absolute atomic E-state index is 6.01. The molecular weight excluding hydrogens is 452 g/mol. The summed E-state index contributed by atoms with van der Waals surface area (Å²) in [4.78, 5) is 12.1. The van der Waals surface area contributed by atoms with E-state index in [0.29, 0.717) is 12.5 Å². The molecule has 0 bridgehead atoms. The number of hydrogen-bond acceptors (Lipinski definition) is 8. The van der Waals surface area contributed by atoms with Crippen molar-refractivity contribution in [1.82, 2.24) is 20.0 Å². The highest BCUT2D eigenvalue weighted by Crippen LogP contribution is 2.22. The minimum atomic E-state index is 0.364. The number of ether oxygens (including phenoxy) is 2. The number of likely N-dealkylation sites (N-methyl/N-ethyl adjacent to an activating group) is 1. The van der Waals surface area contributed by atoms with Crippen molar-refractivity contribution in [3.05, 3.63) is 54.1 Å². The summed E-state index contributed by atoms with van der Waals surface area (Å²) >= 11 is 0. The Labute approximate surface area is 216 Å². The molecule has 1 unspecified atom stereocenters. The van der Waals surface area contributed by atoms with Crippen LogP contribution in [0.15, 0.2) is 53.5 Å². The van der Waals surface area contributed by atoms with Crippen molar-refractivity contribution in [3.8, 4) is 11.5 Å². The van der Waals surface area contributed by atoms with Crippen LogP contribution in [0.5, 0.6) is 11.5 Å². The second-order valence-corrected chi connectivity index (χ2v) is 9.62. The van der Waals surface area contributed by atoms with E-state index >= 15 is 0 Å². The molecule has 2 aliphatic rings. The molecule has 0 aliphatic carbocycles. The summed E-state index contributed by atoms with van der Waals surface area (Å²) in [6, 6.07) is 16.4. The molecule has 1 atom stereocenters. The molecule has 8 nitrogen and oxygen atoms in total. The van der Waals surface area contributed by atoms with E-state index in [0.717, 1.165) is 82.0 Å². The molecule has 4 rings (SSSR count). The fraction of sp³-hybridized carbons (Fsp3) is 0.536. The van der Waals surface area contributed by atoms with Crippen molar-refractivity contribution in [2.24, 2.45) is 4.99 Å². The standard InChI is InChI=1S/C28H42N6O2/c1-4-32(2)13-14-33-15-17-34(18-16-33)19-20-36-27-11-7-25(8-12-27)31-28-29-21-24(22-30-28)23-5-9-26(35-3)10-6-23/h5-12,24H,4,13-22H2,1-3H3,(H2,29,30,31). The molecule has 196 valence electrons. The molecule has 1 saturated heterocycles. The summed E-state index contributed by atoms with van der Waals surface area (Å²) in [5.74, 6) is 2.96.